The summed E-state index contributed by atoms with van der Waals surface area (Å²) >= 11 is 0. The Hall–Kier alpha value is -1.52. The number of carboxylic acids is 1. The van der Waals surface area contributed by atoms with Crippen LogP contribution in [-0.4, -0.2) is 29.8 Å². The van der Waals surface area contributed by atoms with Crippen LogP contribution in [0.2, 0.25) is 0 Å². The number of alkyl carbamates (subject to hydrolysis) is 1. The highest BCUT2D eigenvalue weighted by Gasteiger charge is 2.33. The van der Waals surface area contributed by atoms with Gasteiger partial charge in [0.25, 0.3) is 0 Å². The van der Waals surface area contributed by atoms with Gasteiger partial charge in [0.05, 0.1) is 6.61 Å². The SMILES string of the molecule is C=CC[C@H](C)COC(=O)N[C@H](C(=O)O)C(C)(C)C. The first-order valence-electron chi connectivity index (χ1n) is 5.95. The van der Waals surface area contributed by atoms with Crippen molar-refractivity contribution in [1.29, 1.82) is 0 Å². The summed E-state index contributed by atoms with van der Waals surface area (Å²) in [6.07, 6.45) is 1.80. The predicted octanol–water partition coefficient (Wildman–Crippen LogP) is 2.42. The van der Waals surface area contributed by atoms with Gasteiger partial charge in [-0.05, 0) is 17.8 Å². The van der Waals surface area contributed by atoms with Gasteiger partial charge in [-0.25, -0.2) is 9.59 Å². The molecule has 0 fully saturated rings. The molecule has 0 aromatic heterocycles. The number of hydrogen-bond donors (Lipinski definition) is 2. The molecule has 0 bridgehead atoms. The number of aliphatic carboxylic acids is 1. The van der Waals surface area contributed by atoms with Gasteiger partial charge < -0.3 is 15.2 Å². The first kappa shape index (κ1) is 16.5. The zero-order valence-electron chi connectivity index (χ0n) is 11.5. The Balaban J connectivity index is 4.28. The maximum atomic E-state index is 11.5. The molecule has 0 spiro atoms. The van der Waals surface area contributed by atoms with Crippen LogP contribution in [0.25, 0.3) is 0 Å². The Kier molecular flexibility index (Phi) is 6.44. The van der Waals surface area contributed by atoms with Crippen molar-refractivity contribution in [2.45, 2.75) is 40.2 Å². The average molecular weight is 257 g/mol. The minimum absolute atomic E-state index is 0.172. The summed E-state index contributed by atoms with van der Waals surface area (Å²) in [7, 11) is 0. The second-order valence-corrected chi connectivity index (χ2v) is 5.51. The van der Waals surface area contributed by atoms with Gasteiger partial charge in [-0.15, -0.1) is 6.58 Å². The molecule has 0 aliphatic carbocycles. The molecule has 104 valence electrons. The van der Waals surface area contributed by atoms with Gasteiger partial charge in [0, 0.05) is 0 Å². The molecule has 0 rings (SSSR count). The van der Waals surface area contributed by atoms with E-state index < -0.39 is 23.5 Å². The van der Waals surface area contributed by atoms with E-state index in [2.05, 4.69) is 11.9 Å². The fraction of sp³-hybridized carbons (Fsp3) is 0.692. The van der Waals surface area contributed by atoms with Gasteiger partial charge in [0.1, 0.15) is 6.04 Å². The van der Waals surface area contributed by atoms with Gasteiger partial charge >= 0.3 is 12.1 Å². The van der Waals surface area contributed by atoms with Crippen LogP contribution in [-0.2, 0) is 9.53 Å². The molecule has 0 saturated carbocycles. The van der Waals surface area contributed by atoms with E-state index in [1.165, 1.54) is 0 Å². The van der Waals surface area contributed by atoms with E-state index in [0.29, 0.717) is 0 Å². The van der Waals surface area contributed by atoms with Crippen molar-refractivity contribution in [2.24, 2.45) is 11.3 Å². The normalized spacial score (nSPS) is 14.4. The van der Waals surface area contributed by atoms with Crippen molar-refractivity contribution >= 4 is 12.1 Å². The maximum absolute atomic E-state index is 11.5. The molecular weight excluding hydrogens is 234 g/mol. The second-order valence-electron chi connectivity index (χ2n) is 5.51. The molecule has 0 aromatic rings. The Bertz CT molecular complexity index is 307. The van der Waals surface area contributed by atoms with Crippen LogP contribution >= 0.6 is 0 Å². The third-order valence-electron chi connectivity index (χ3n) is 2.44. The number of rotatable bonds is 6. The summed E-state index contributed by atoms with van der Waals surface area (Å²) in [6.45, 7) is 11.0. The summed E-state index contributed by atoms with van der Waals surface area (Å²) < 4.78 is 4.97. The van der Waals surface area contributed by atoms with E-state index in [1.807, 2.05) is 6.92 Å². The topological polar surface area (TPSA) is 75.6 Å². The number of nitrogens with one attached hydrogen (secondary N) is 1. The number of allylic oxidation sites excluding steroid dienone is 1. The lowest BCUT2D eigenvalue weighted by Crippen LogP contribution is -2.49. The fourth-order valence-electron chi connectivity index (χ4n) is 1.38. The lowest BCUT2D eigenvalue weighted by molar-refractivity contribution is -0.142. The Morgan fingerprint density at radius 3 is 2.39 bits per heavy atom. The number of carboxylic acid groups (broad SMARTS) is 1. The molecule has 0 heterocycles. The van der Waals surface area contributed by atoms with Crippen LogP contribution in [0, 0.1) is 11.3 Å². The van der Waals surface area contributed by atoms with Crippen LogP contribution in [0.15, 0.2) is 12.7 Å². The number of carbonyl (C=O) groups excluding carboxylic acids is 1. The Labute approximate surface area is 108 Å². The van der Waals surface area contributed by atoms with Crippen LogP contribution in [0.5, 0.6) is 0 Å². The average Bonchev–Trinajstić information content (AvgIpc) is 2.21. The monoisotopic (exact) mass is 257 g/mol. The van der Waals surface area contributed by atoms with Crippen molar-refractivity contribution in [1.82, 2.24) is 5.32 Å². The highest BCUT2D eigenvalue weighted by atomic mass is 16.5. The van der Waals surface area contributed by atoms with Gasteiger partial charge in [-0.1, -0.05) is 33.8 Å². The van der Waals surface area contributed by atoms with Gasteiger partial charge in [0.15, 0.2) is 0 Å². The Morgan fingerprint density at radius 1 is 1.44 bits per heavy atom. The molecule has 0 aliphatic rings. The van der Waals surface area contributed by atoms with Crippen molar-refractivity contribution in [3.63, 3.8) is 0 Å². The summed E-state index contributed by atoms with van der Waals surface area (Å²) in [5.74, 6) is -0.898. The standard InChI is InChI=1S/C13H23NO4/c1-6-7-9(2)8-18-12(17)14-10(11(15)16)13(3,4)5/h6,9-10H,1,7-8H2,2-5H3,(H,14,17)(H,15,16)/t9-,10+/m0/s1. The van der Waals surface area contributed by atoms with Crippen molar-refractivity contribution < 1.29 is 19.4 Å². The van der Waals surface area contributed by atoms with Crippen molar-refractivity contribution in [3.8, 4) is 0 Å². The highest BCUT2D eigenvalue weighted by Crippen LogP contribution is 2.19. The van der Waals surface area contributed by atoms with E-state index in [9.17, 15) is 9.59 Å². The highest BCUT2D eigenvalue weighted by molar-refractivity contribution is 5.80. The van der Waals surface area contributed by atoms with Gasteiger partial charge in [0.2, 0.25) is 0 Å². The first-order valence-corrected chi connectivity index (χ1v) is 5.95. The van der Waals surface area contributed by atoms with Crippen molar-refractivity contribution in [3.05, 3.63) is 12.7 Å². The molecule has 0 aliphatic heterocycles. The smallest absolute Gasteiger partial charge is 0.407 e. The van der Waals surface area contributed by atoms with E-state index in [1.54, 1.807) is 26.8 Å². The van der Waals surface area contributed by atoms with Crippen LogP contribution in [0.3, 0.4) is 0 Å². The summed E-state index contributed by atoms with van der Waals surface area (Å²) in [4.78, 5) is 22.5. The lowest BCUT2D eigenvalue weighted by Gasteiger charge is -2.27. The molecule has 0 unspecified atom stereocenters. The minimum atomic E-state index is -1.07. The van der Waals surface area contributed by atoms with Gasteiger partial charge in [-0.2, -0.15) is 0 Å². The zero-order chi connectivity index (χ0) is 14.3. The molecule has 0 radical (unpaired) electrons. The van der Waals surface area contributed by atoms with E-state index in [0.717, 1.165) is 6.42 Å². The molecule has 0 aromatic carbocycles. The molecule has 0 saturated heterocycles. The van der Waals surface area contributed by atoms with Gasteiger partial charge in [-0.3, -0.25) is 0 Å². The van der Waals surface area contributed by atoms with Crippen LogP contribution in [0.4, 0.5) is 4.79 Å². The lowest BCUT2D eigenvalue weighted by atomic mass is 9.87. The molecular formula is C13H23NO4. The number of amides is 1. The quantitative estimate of drug-likeness (QED) is 0.716. The van der Waals surface area contributed by atoms with Crippen LogP contribution < -0.4 is 5.32 Å². The summed E-state index contributed by atoms with van der Waals surface area (Å²) in [5, 5.41) is 11.4. The molecule has 1 amide bonds. The Morgan fingerprint density at radius 2 is 2.00 bits per heavy atom. The second kappa shape index (κ2) is 7.03. The van der Waals surface area contributed by atoms with E-state index >= 15 is 0 Å². The molecule has 2 N–H and O–H groups in total. The minimum Gasteiger partial charge on any atom is -0.480 e. The molecule has 2 atom stereocenters. The van der Waals surface area contributed by atoms with Crippen molar-refractivity contribution in [2.75, 3.05) is 6.61 Å². The summed E-state index contributed by atoms with van der Waals surface area (Å²) in [5.41, 5.74) is -0.572. The van der Waals surface area contributed by atoms with E-state index in [-0.39, 0.29) is 12.5 Å². The number of ether oxygens (including phenoxy) is 1. The first-order chi connectivity index (χ1) is 8.18. The maximum Gasteiger partial charge on any atom is 0.407 e. The van der Waals surface area contributed by atoms with Crippen LogP contribution in [0.1, 0.15) is 34.1 Å². The largest absolute Gasteiger partial charge is 0.480 e. The molecule has 5 nitrogen and oxygen atoms in total. The third kappa shape index (κ3) is 6.27. The number of carbonyl (C=O) groups is 2. The summed E-state index contributed by atoms with van der Waals surface area (Å²) in [6, 6.07) is -0.972. The third-order valence-corrected chi connectivity index (χ3v) is 2.44. The van der Waals surface area contributed by atoms with E-state index in [4.69, 9.17) is 9.84 Å². The fourth-order valence-corrected chi connectivity index (χ4v) is 1.38. The molecule has 18 heavy (non-hydrogen) atoms. The predicted molar refractivity (Wildman–Crippen MR) is 69.3 cm³/mol. The molecule has 5 heteroatoms. The zero-order valence-corrected chi connectivity index (χ0v) is 11.5. The number of hydrogen-bond acceptors (Lipinski definition) is 3.